The first-order valence-electron chi connectivity index (χ1n) is 7.36. The first-order valence-corrected chi connectivity index (χ1v) is 7.36. The normalized spacial score (nSPS) is 13.4. The number of ether oxygens (including phenoxy) is 1. The Labute approximate surface area is 134 Å². The van der Waals surface area contributed by atoms with Gasteiger partial charge in [-0.15, -0.1) is 0 Å². The molecule has 7 heteroatoms. The van der Waals surface area contributed by atoms with Gasteiger partial charge in [0.25, 0.3) is 0 Å². The first-order chi connectivity index (χ1) is 11.1. The van der Waals surface area contributed by atoms with Crippen molar-refractivity contribution in [1.82, 2.24) is 20.0 Å². The molecule has 1 aliphatic heterocycles. The van der Waals surface area contributed by atoms with Crippen LogP contribution in [-0.2, 0) is 24.4 Å². The predicted octanol–water partition coefficient (Wildman–Crippen LogP) is 2.28. The van der Waals surface area contributed by atoms with Crippen molar-refractivity contribution >= 4 is 18.2 Å². The zero-order chi connectivity index (χ0) is 16.2. The Kier molecular flexibility index (Phi) is 4.27. The van der Waals surface area contributed by atoms with Crippen LogP contribution in [0, 0.1) is 0 Å². The average Bonchev–Trinajstić information content (AvgIpc) is 3.12. The van der Waals surface area contributed by atoms with Crippen LogP contribution in [0.1, 0.15) is 16.8 Å². The van der Waals surface area contributed by atoms with Crippen LogP contribution < -0.4 is 0 Å². The van der Waals surface area contributed by atoms with Crippen molar-refractivity contribution in [2.24, 2.45) is 4.99 Å². The molecule has 1 amide bonds. The van der Waals surface area contributed by atoms with Crippen LogP contribution in [0.15, 0.2) is 35.3 Å². The summed E-state index contributed by atoms with van der Waals surface area (Å²) in [6.45, 7) is 1.20. The summed E-state index contributed by atoms with van der Waals surface area (Å²) >= 11 is 0. The molecule has 1 aromatic heterocycles. The second kappa shape index (κ2) is 6.51. The van der Waals surface area contributed by atoms with Crippen molar-refractivity contribution in [3.8, 4) is 0 Å². The van der Waals surface area contributed by atoms with Crippen LogP contribution in [0.2, 0.25) is 0 Å². The number of carbonyl (C=O) groups is 1. The maximum Gasteiger partial charge on any atom is 0.410 e. The maximum absolute atomic E-state index is 12.2. The molecule has 120 valence electrons. The number of hydrogen-bond donors (Lipinski definition) is 1. The number of fused-ring (bicyclic) bond motifs is 1. The smallest absolute Gasteiger partial charge is 0.410 e. The second-order valence-electron chi connectivity index (χ2n) is 5.61. The van der Waals surface area contributed by atoms with Crippen molar-refractivity contribution in [3.05, 3.63) is 47.2 Å². The molecule has 7 nitrogen and oxygen atoms in total. The summed E-state index contributed by atoms with van der Waals surface area (Å²) in [5.74, 6) is 0.618. The van der Waals surface area contributed by atoms with Crippen LogP contribution >= 0.6 is 0 Å². The van der Waals surface area contributed by atoms with Gasteiger partial charge in [-0.3, -0.25) is 10.00 Å². The van der Waals surface area contributed by atoms with Gasteiger partial charge in [-0.2, -0.15) is 5.10 Å². The number of aromatic amines is 1. The zero-order valence-electron chi connectivity index (χ0n) is 13.2. The molecular weight excluding hydrogens is 294 g/mol. The van der Waals surface area contributed by atoms with Gasteiger partial charge in [0.15, 0.2) is 5.82 Å². The molecule has 1 aromatic carbocycles. The molecule has 2 heterocycles. The Hall–Kier alpha value is -2.83. The lowest BCUT2D eigenvalue weighted by atomic mass is 10.2. The highest BCUT2D eigenvalue weighted by atomic mass is 16.6. The molecule has 23 heavy (non-hydrogen) atoms. The molecule has 0 saturated carbocycles. The van der Waals surface area contributed by atoms with E-state index in [0.29, 0.717) is 18.9 Å². The average molecular weight is 313 g/mol. The topological polar surface area (TPSA) is 73.8 Å². The number of aromatic nitrogens is 2. The van der Waals surface area contributed by atoms with Gasteiger partial charge in [-0.25, -0.2) is 9.79 Å². The van der Waals surface area contributed by atoms with Gasteiger partial charge in [-0.1, -0.05) is 30.3 Å². The first kappa shape index (κ1) is 15.1. The van der Waals surface area contributed by atoms with Gasteiger partial charge < -0.3 is 9.64 Å². The molecule has 2 aromatic rings. The fourth-order valence-electron chi connectivity index (χ4n) is 2.34. The van der Waals surface area contributed by atoms with E-state index in [-0.39, 0.29) is 12.7 Å². The zero-order valence-corrected chi connectivity index (χ0v) is 13.2. The third-order valence-electron chi connectivity index (χ3n) is 3.50. The van der Waals surface area contributed by atoms with E-state index in [9.17, 15) is 4.79 Å². The Morgan fingerprint density at radius 1 is 1.39 bits per heavy atom. The lowest BCUT2D eigenvalue weighted by Crippen LogP contribution is -2.26. The fraction of sp³-hybridized carbons (Fsp3) is 0.312. The molecule has 0 aliphatic carbocycles. The van der Waals surface area contributed by atoms with Crippen molar-refractivity contribution in [2.75, 3.05) is 14.1 Å². The minimum atomic E-state index is -0.332. The molecule has 0 fully saturated rings. The summed E-state index contributed by atoms with van der Waals surface area (Å²) in [5, 5.41) is 7.11. The van der Waals surface area contributed by atoms with Crippen LogP contribution in [0.3, 0.4) is 0 Å². The third kappa shape index (κ3) is 3.50. The van der Waals surface area contributed by atoms with Crippen molar-refractivity contribution in [2.45, 2.75) is 19.7 Å². The van der Waals surface area contributed by atoms with Crippen LogP contribution in [0.5, 0.6) is 0 Å². The molecule has 0 bridgehead atoms. The predicted molar refractivity (Wildman–Crippen MR) is 86.3 cm³/mol. The van der Waals surface area contributed by atoms with E-state index in [2.05, 4.69) is 15.2 Å². The Bertz CT molecular complexity index is 709. The highest BCUT2D eigenvalue weighted by Gasteiger charge is 2.29. The molecule has 1 aliphatic rings. The Balaban J connectivity index is 1.60. The summed E-state index contributed by atoms with van der Waals surface area (Å²) in [6, 6.07) is 9.63. The number of amides is 1. The number of benzene rings is 1. The quantitative estimate of drug-likeness (QED) is 0.694. The molecule has 1 N–H and O–H groups in total. The highest BCUT2D eigenvalue weighted by molar-refractivity contribution is 5.70. The number of aliphatic imine (C=N–C) groups is 1. The van der Waals surface area contributed by atoms with Gasteiger partial charge in [0.05, 0.1) is 25.1 Å². The van der Waals surface area contributed by atoms with Gasteiger partial charge >= 0.3 is 6.09 Å². The summed E-state index contributed by atoms with van der Waals surface area (Å²) in [5.41, 5.74) is 2.82. The second-order valence-corrected chi connectivity index (χ2v) is 5.61. The van der Waals surface area contributed by atoms with Crippen LogP contribution in [-0.4, -0.2) is 46.5 Å². The van der Waals surface area contributed by atoms with E-state index in [1.54, 1.807) is 11.2 Å². The number of nitrogens with zero attached hydrogens (tertiary/aromatic N) is 4. The van der Waals surface area contributed by atoms with Crippen LogP contribution in [0.4, 0.5) is 10.6 Å². The molecular formula is C16H19N5O2. The molecule has 0 spiro atoms. The molecule has 3 rings (SSSR count). The van der Waals surface area contributed by atoms with E-state index in [4.69, 9.17) is 4.74 Å². The minimum absolute atomic E-state index is 0.272. The van der Waals surface area contributed by atoms with Crippen LogP contribution in [0.25, 0.3) is 0 Å². The number of hydrogen-bond acceptors (Lipinski definition) is 4. The number of carbonyl (C=O) groups excluding carboxylic acids is 1. The summed E-state index contributed by atoms with van der Waals surface area (Å²) < 4.78 is 5.36. The summed E-state index contributed by atoms with van der Waals surface area (Å²) in [7, 11) is 3.78. The van der Waals surface area contributed by atoms with Crippen molar-refractivity contribution in [1.29, 1.82) is 0 Å². The maximum atomic E-state index is 12.2. The highest BCUT2D eigenvalue weighted by Crippen LogP contribution is 2.29. The summed E-state index contributed by atoms with van der Waals surface area (Å²) in [4.78, 5) is 20.0. The molecule has 0 saturated heterocycles. The van der Waals surface area contributed by atoms with E-state index in [1.807, 2.05) is 49.3 Å². The summed E-state index contributed by atoms with van der Waals surface area (Å²) in [6.07, 6.45) is 1.35. The lowest BCUT2D eigenvalue weighted by Gasteiger charge is -2.15. The van der Waals surface area contributed by atoms with E-state index in [1.165, 1.54) is 0 Å². The van der Waals surface area contributed by atoms with E-state index >= 15 is 0 Å². The molecule has 0 atom stereocenters. The number of nitrogens with one attached hydrogen (secondary N) is 1. The Morgan fingerprint density at radius 3 is 2.91 bits per heavy atom. The lowest BCUT2D eigenvalue weighted by molar-refractivity contribution is 0.0951. The monoisotopic (exact) mass is 313 g/mol. The van der Waals surface area contributed by atoms with Gasteiger partial charge in [0.1, 0.15) is 6.61 Å². The molecule has 0 unspecified atom stereocenters. The fourth-order valence-corrected chi connectivity index (χ4v) is 2.34. The molecule has 0 radical (unpaired) electrons. The van der Waals surface area contributed by atoms with Gasteiger partial charge in [-0.05, 0) is 5.56 Å². The standard InChI is InChI=1S/C16H19N5O2/c1-20(2)11-17-15-13-8-21(9-14(13)18-19-15)16(22)23-10-12-6-4-3-5-7-12/h3-7,11H,8-10H2,1-2H3,(H,18,19)/b17-11+. The third-order valence-corrected chi connectivity index (χ3v) is 3.50. The minimum Gasteiger partial charge on any atom is -0.445 e. The largest absolute Gasteiger partial charge is 0.445 e. The van der Waals surface area contributed by atoms with Crippen molar-refractivity contribution < 1.29 is 9.53 Å². The van der Waals surface area contributed by atoms with Gasteiger partial charge in [0.2, 0.25) is 0 Å². The number of rotatable bonds is 4. The SMILES string of the molecule is CN(C)/C=N/c1n[nH]c2c1CN(C(=O)OCc1ccccc1)C2. The van der Waals surface area contributed by atoms with Gasteiger partial charge in [0, 0.05) is 19.7 Å². The van der Waals surface area contributed by atoms with E-state index < -0.39 is 0 Å². The number of H-pyrrole nitrogens is 1. The van der Waals surface area contributed by atoms with E-state index in [0.717, 1.165) is 16.8 Å². The van der Waals surface area contributed by atoms with Crippen molar-refractivity contribution in [3.63, 3.8) is 0 Å². The Morgan fingerprint density at radius 2 is 2.17 bits per heavy atom.